The maximum Gasteiger partial charge on any atom is 0.247 e. The van der Waals surface area contributed by atoms with E-state index in [2.05, 4.69) is 15.5 Å². The molecular weight excluding hydrogens is 370 g/mol. The lowest BCUT2D eigenvalue weighted by molar-refractivity contribution is -0.115. The van der Waals surface area contributed by atoms with Crippen molar-refractivity contribution in [2.24, 2.45) is 0 Å². The van der Waals surface area contributed by atoms with Crippen LogP contribution in [0.25, 0.3) is 11.5 Å². The molecule has 0 spiro atoms. The normalized spacial score (nSPS) is 11.7. The summed E-state index contributed by atoms with van der Waals surface area (Å²) in [6.07, 6.45) is 1.28. The summed E-state index contributed by atoms with van der Waals surface area (Å²) in [7, 11) is 0. The molecule has 0 fully saturated rings. The van der Waals surface area contributed by atoms with Crippen LogP contribution in [-0.2, 0) is 4.79 Å². The summed E-state index contributed by atoms with van der Waals surface area (Å²) in [5.74, 6) is 0.317. The van der Waals surface area contributed by atoms with Crippen molar-refractivity contribution < 1.29 is 9.21 Å². The first kappa shape index (κ1) is 18.0. The van der Waals surface area contributed by atoms with Crippen LogP contribution in [0.2, 0.25) is 0 Å². The number of thioether (sulfide) groups is 1. The van der Waals surface area contributed by atoms with E-state index in [1.807, 2.05) is 84.9 Å². The van der Waals surface area contributed by atoms with E-state index in [9.17, 15) is 4.79 Å². The first-order valence-corrected chi connectivity index (χ1v) is 9.62. The van der Waals surface area contributed by atoms with E-state index in [1.54, 1.807) is 0 Å². The van der Waals surface area contributed by atoms with E-state index in [1.165, 1.54) is 18.2 Å². The lowest BCUT2D eigenvalue weighted by Gasteiger charge is -2.17. The van der Waals surface area contributed by atoms with Gasteiger partial charge in [-0.3, -0.25) is 4.79 Å². The molecule has 3 aromatic carbocycles. The summed E-state index contributed by atoms with van der Waals surface area (Å²) in [5, 5.41) is 10.2. The van der Waals surface area contributed by atoms with Crippen LogP contribution in [-0.4, -0.2) is 16.1 Å². The third-order valence-corrected chi connectivity index (χ3v) is 5.34. The molecule has 1 atom stereocenters. The zero-order valence-electron chi connectivity index (χ0n) is 14.9. The van der Waals surface area contributed by atoms with Crippen LogP contribution in [0.3, 0.4) is 0 Å². The standard InChI is InChI=1S/C22H17N3O2S/c26-21(24-18-11-7-10-17(14-18)22-25-23-15-27-22)20(16-8-3-1-4-9-16)28-19-12-5-2-6-13-19/h1-15,20H,(H,24,26)/t20-/m1/s1. The largest absolute Gasteiger partial charge is 0.423 e. The molecule has 28 heavy (non-hydrogen) atoms. The van der Waals surface area contributed by atoms with Crippen molar-refractivity contribution in [3.05, 3.63) is 96.9 Å². The Morgan fingerprint density at radius 1 is 0.929 bits per heavy atom. The molecule has 138 valence electrons. The summed E-state index contributed by atoms with van der Waals surface area (Å²) in [6.45, 7) is 0. The molecule has 0 unspecified atom stereocenters. The molecule has 0 aliphatic carbocycles. The lowest BCUT2D eigenvalue weighted by Crippen LogP contribution is -2.19. The number of benzene rings is 3. The summed E-state index contributed by atoms with van der Waals surface area (Å²) in [5.41, 5.74) is 2.37. The third-order valence-electron chi connectivity index (χ3n) is 4.07. The fourth-order valence-corrected chi connectivity index (χ4v) is 3.82. The van der Waals surface area contributed by atoms with Gasteiger partial charge in [-0.1, -0.05) is 54.6 Å². The molecular formula is C22H17N3O2S. The van der Waals surface area contributed by atoms with Gasteiger partial charge < -0.3 is 9.73 Å². The molecule has 1 aromatic heterocycles. The van der Waals surface area contributed by atoms with Crippen molar-refractivity contribution in [3.8, 4) is 11.5 Å². The smallest absolute Gasteiger partial charge is 0.247 e. The van der Waals surface area contributed by atoms with Crippen LogP contribution in [0.5, 0.6) is 0 Å². The van der Waals surface area contributed by atoms with Crippen molar-refractivity contribution in [3.63, 3.8) is 0 Å². The Kier molecular flexibility index (Phi) is 5.49. The van der Waals surface area contributed by atoms with E-state index in [4.69, 9.17) is 4.42 Å². The number of aromatic nitrogens is 2. The number of carbonyl (C=O) groups is 1. The third kappa shape index (κ3) is 4.29. The molecule has 0 aliphatic heterocycles. The summed E-state index contributed by atoms with van der Waals surface area (Å²) in [4.78, 5) is 14.2. The first-order valence-electron chi connectivity index (χ1n) is 8.74. The van der Waals surface area contributed by atoms with E-state index in [0.717, 1.165) is 16.0 Å². The van der Waals surface area contributed by atoms with Gasteiger partial charge in [0.05, 0.1) is 0 Å². The van der Waals surface area contributed by atoms with Crippen LogP contribution in [0, 0.1) is 0 Å². The Morgan fingerprint density at radius 3 is 2.39 bits per heavy atom. The van der Waals surface area contributed by atoms with Crippen molar-refractivity contribution in [2.75, 3.05) is 5.32 Å². The van der Waals surface area contributed by atoms with E-state index < -0.39 is 0 Å². The molecule has 0 saturated carbocycles. The van der Waals surface area contributed by atoms with Gasteiger partial charge >= 0.3 is 0 Å². The predicted octanol–water partition coefficient (Wildman–Crippen LogP) is 5.21. The number of hydrogen-bond donors (Lipinski definition) is 1. The molecule has 1 N–H and O–H groups in total. The molecule has 4 aromatic rings. The van der Waals surface area contributed by atoms with Gasteiger partial charge in [-0.25, -0.2) is 0 Å². The van der Waals surface area contributed by atoms with Crippen LogP contribution in [0.15, 0.2) is 101 Å². The van der Waals surface area contributed by atoms with Gasteiger partial charge in [0.1, 0.15) is 5.25 Å². The highest BCUT2D eigenvalue weighted by Gasteiger charge is 2.22. The van der Waals surface area contributed by atoms with Crippen molar-refractivity contribution in [2.45, 2.75) is 10.1 Å². The Bertz CT molecular complexity index is 1040. The minimum Gasteiger partial charge on any atom is -0.423 e. The second-order valence-electron chi connectivity index (χ2n) is 6.04. The summed E-state index contributed by atoms with van der Waals surface area (Å²) < 4.78 is 5.24. The number of nitrogens with one attached hydrogen (secondary N) is 1. The Labute approximate surface area is 166 Å². The van der Waals surface area contributed by atoms with Gasteiger partial charge in [-0.15, -0.1) is 22.0 Å². The van der Waals surface area contributed by atoms with E-state index >= 15 is 0 Å². The van der Waals surface area contributed by atoms with Crippen molar-refractivity contribution in [1.82, 2.24) is 10.2 Å². The van der Waals surface area contributed by atoms with Crippen molar-refractivity contribution in [1.29, 1.82) is 0 Å². The predicted molar refractivity (Wildman–Crippen MR) is 110 cm³/mol. The van der Waals surface area contributed by atoms with Crippen molar-refractivity contribution >= 4 is 23.4 Å². The quantitative estimate of drug-likeness (QED) is 0.460. The van der Waals surface area contributed by atoms with Crippen LogP contribution < -0.4 is 5.32 Å². The SMILES string of the molecule is O=C(Nc1cccc(-c2nnco2)c1)[C@H](Sc1ccccc1)c1ccccc1. The average Bonchev–Trinajstić information content (AvgIpc) is 3.28. The number of amides is 1. The van der Waals surface area contributed by atoms with Crippen LogP contribution >= 0.6 is 11.8 Å². The topological polar surface area (TPSA) is 68.0 Å². The van der Waals surface area contributed by atoms with Crippen LogP contribution in [0.4, 0.5) is 5.69 Å². The molecule has 6 heteroatoms. The molecule has 0 aliphatic rings. The Morgan fingerprint density at radius 2 is 1.68 bits per heavy atom. The summed E-state index contributed by atoms with van der Waals surface area (Å²) in [6, 6.07) is 27.0. The molecule has 4 rings (SSSR count). The van der Waals surface area contributed by atoms with Gasteiger partial charge in [0.15, 0.2) is 0 Å². The van der Waals surface area contributed by atoms with E-state index in [0.29, 0.717) is 11.6 Å². The number of rotatable bonds is 6. The second-order valence-corrected chi connectivity index (χ2v) is 7.21. The maximum atomic E-state index is 13.1. The van der Waals surface area contributed by atoms with Gasteiger partial charge in [0.2, 0.25) is 18.2 Å². The highest BCUT2D eigenvalue weighted by atomic mass is 32.2. The molecule has 0 saturated heterocycles. The molecule has 5 nitrogen and oxygen atoms in total. The van der Waals surface area contributed by atoms with Gasteiger partial charge in [-0.2, -0.15) is 0 Å². The zero-order valence-corrected chi connectivity index (χ0v) is 15.7. The average molecular weight is 387 g/mol. The fourth-order valence-electron chi connectivity index (χ4n) is 2.77. The second kappa shape index (κ2) is 8.54. The van der Waals surface area contributed by atoms with E-state index in [-0.39, 0.29) is 11.2 Å². The van der Waals surface area contributed by atoms with Crippen LogP contribution in [0.1, 0.15) is 10.8 Å². The number of carbonyl (C=O) groups excluding carboxylic acids is 1. The summed E-state index contributed by atoms with van der Waals surface area (Å²) >= 11 is 1.52. The van der Waals surface area contributed by atoms with Gasteiger partial charge in [0.25, 0.3) is 0 Å². The lowest BCUT2D eigenvalue weighted by atomic mass is 10.1. The zero-order chi connectivity index (χ0) is 19.2. The molecule has 1 amide bonds. The monoisotopic (exact) mass is 387 g/mol. The fraction of sp³-hybridized carbons (Fsp3) is 0.0455. The Hall–Kier alpha value is -3.38. The van der Waals surface area contributed by atoms with Gasteiger partial charge in [0, 0.05) is 16.1 Å². The molecule has 0 radical (unpaired) electrons. The highest BCUT2D eigenvalue weighted by Crippen LogP contribution is 2.36. The highest BCUT2D eigenvalue weighted by molar-refractivity contribution is 8.00. The minimum atomic E-state index is -0.379. The first-order chi connectivity index (χ1) is 13.8. The maximum absolute atomic E-state index is 13.1. The molecule has 0 bridgehead atoms. The van der Waals surface area contributed by atoms with Gasteiger partial charge in [-0.05, 0) is 35.9 Å². The number of nitrogens with zero attached hydrogens (tertiary/aromatic N) is 2. The minimum absolute atomic E-state index is 0.0947. The Balaban J connectivity index is 1.58. The molecule has 1 heterocycles. The number of hydrogen-bond acceptors (Lipinski definition) is 5. The number of anilines is 1.